The summed E-state index contributed by atoms with van der Waals surface area (Å²) in [5, 5.41) is 4.66. The van der Waals surface area contributed by atoms with Gasteiger partial charge in [0.05, 0.1) is 36.0 Å². The number of amides is 1. The molecule has 3 heterocycles. The monoisotopic (exact) mass is 494 g/mol. The van der Waals surface area contributed by atoms with Gasteiger partial charge >= 0.3 is 0 Å². The number of anilines is 1. The second-order valence-electron chi connectivity index (χ2n) is 9.23. The number of benzene rings is 2. The first kappa shape index (κ1) is 23.4. The molecule has 0 bridgehead atoms. The molecule has 1 atom stereocenters. The number of nitrogens with zero attached hydrogens (tertiary/aromatic N) is 4. The molecule has 0 unspecified atom stereocenters. The van der Waals surface area contributed by atoms with Gasteiger partial charge in [0, 0.05) is 26.2 Å². The number of piperazine rings is 1. The van der Waals surface area contributed by atoms with Crippen molar-refractivity contribution in [2.24, 2.45) is 0 Å². The fourth-order valence-electron chi connectivity index (χ4n) is 4.89. The Balaban J connectivity index is 1.38. The van der Waals surface area contributed by atoms with Crippen molar-refractivity contribution in [3.63, 3.8) is 0 Å². The third-order valence-corrected chi connectivity index (χ3v) is 8.60. The average molecular weight is 495 g/mol. The molecule has 8 nitrogen and oxygen atoms in total. The summed E-state index contributed by atoms with van der Waals surface area (Å²) in [6, 6.07) is 17.4. The lowest BCUT2D eigenvalue weighted by Gasteiger charge is -2.36. The summed E-state index contributed by atoms with van der Waals surface area (Å²) in [5.74, 6) is 0.899. The van der Waals surface area contributed by atoms with Crippen LogP contribution in [0.2, 0.25) is 0 Å². The number of para-hydroxylation sites is 2. The first-order valence-electron chi connectivity index (χ1n) is 11.9. The van der Waals surface area contributed by atoms with Crippen LogP contribution in [0, 0.1) is 6.92 Å². The first-order chi connectivity index (χ1) is 16.8. The number of hydrogen-bond acceptors (Lipinski definition) is 6. The van der Waals surface area contributed by atoms with Crippen LogP contribution >= 0.6 is 0 Å². The molecular formula is C26H30N4O4S. The normalized spacial score (nSPS) is 19.7. The summed E-state index contributed by atoms with van der Waals surface area (Å²) in [6.45, 7) is 4.55. The van der Waals surface area contributed by atoms with E-state index in [0.717, 1.165) is 28.3 Å². The molecule has 9 heteroatoms. The summed E-state index contributed by atoms with van der Waals surface area (Å²) in [4.78, 5) is 17.5. The van der Waals surface area contributed by atoms with Crippen molar-refractivity contribution in [3.8, 4) is 17.0 Å². The maximum absolute atomic E-state index is 13.4. The Kier molecular flexibility index (Phi) is 6.27. The van der Waals surface area contributed by atoms with Crippen molar-refractivity contribution in [2.75, 3.05) is 49.7 Å². The zero-order valence-electron chi connectivity index (χ0n) is 20.1. The van der Waals surface area contributed by atoms with Gasteiger partial charge in [0.25, 0.3) is 5.91 Å². The zero-order valence-corrected chi connectivity index (χ0v) is 20.9. The highest BCUT2D eigenvalue weighted by molar-refractivity contribution is 7.91. The van der Waals surface area contributed by atoms with Gasteiger partial charge in [0.1, 0.15) is 5.75 Å². The predicted octanol–water partition coefficient (Wildman–Crippen LogP) is 3.19. The van der Waals surface area contributed by atoms with E-state index in [9.17, 15) is 13.2 Å². The summed E-state index contributed by atoms with van der Waals surface area (Å²) in [6.07, 6.45) is 0.508. The largest absolute Gasteiger partial charge is 0.495 e. The topological polar surface area (TPSA) is 84.7 Å². The minimum Gasteiger partial charge on any atom is -0.495 e. The summed E-state index contributed by atoms with van der Waals surface area (Å²) >= 11 is 0. The van der Waals surface area contributed by atoms with Crippen LogP contribution in [0.15, 0.2) is 54.6 Å². The molecule has 184 valence electrons. The van der Waals surface area contributed by atoms with Crippen LogP contribution in [0.25, 0.3) is 11.3 Å². The number of carbonyl (C=O) groups is 1. The molecular weight excluding hydrogens is 464 g/mol. The highest BCUT2D eigenvalue weighted by Gasteiger charge is 2.33. The van der Waals surface area contributed by atoms with Gasteiger partial charge in [-0.25, -0.2) is 8.42 Å². The predicted molar refractivity (Wildman–Crippen MR) is 136 cm³/mol. The molecule has 3 aromatic rings. The lowest BCUT2D eigenvalue weighted by molar-refractivity contribution is 0.0739. The molecule has 2 aliphatic rings. The van der Waals surface area contributed by atoms with Crippen molar-refractivity contribution >= 4 is 21.4 Å². The molecule has 2 fully saturated rings. The van der Waals surface area contributed by atoms with Crippen molar-refractivity contribution in [3.05, 3.63) is 65.9 Å². The molecule has 0 aliphatic carbocycles. The second kappa shape index (κ2) is 9.37. The SMILES string of the molecule is COc1ccccc1N1CCN(C(=O)c2cc(-c3ccc(C)cc3)n([C@@H]3CCS(=O)(=O)C3)n2)CC1. The fraction of sp³-hybridized carbons (Fsp3) is 0.385. The van der Waals surface area contributed by atoms with Crippen LogP contribution in [0.5, 0.6) is 5.75 Å². The maximum Gasteiger partial charge on any atom is 0.274 e. The Hall–Kier alpha value is -3.33. The number of ether oxygens (including phenoxy) is 1. The molecule has 35 heavy (non-hydrogen) atoms. The van der Waals surface area contributed by atoms with E-state index in [1.54, 1.807) is 11.8 Å². The van der Waals surface area contributed by atoms with E-state index in [-0.39, 0.29) is 23.5 Å². The van der Waals surface area contributed by atoms with Crippen LogP contribution in [-0.2, 0) is 9.84 Å². The molecule has 0 N–H and O–H groups in total. The maximum atomic E-state index is 13.4. The molecule has 0 spiro atoms. The van der Waals surface area contributed by atoms with E-state index in [4.69, 9.17) is 4.74 Å². The van der Waals surface area contributed by atoms with Crippen molar-refractivity contribution in [1.82, 2.24) is 14.7 Å². The number of rotatable bonds is 5. The Bertz CT molecular complexity index is 1330. The summed E-state index contributed by atoms with van der Waals surface area (Å²) in [7, 11) is -1.43. The van der Waals surface area contributed by atoms with Gasteiger partial charge in [-0.2, -0.15) is 5.10 Å². The van der Waals surface area contributed by atoms with Gasteiger partial charge < -0.3 is 14.5 Å². The van der Waals surface area contributed by atoms with Gasteiger partial charge in [-0.1, -0.05) is 42.0 Å². The average Bonchev–Trinajstić information content (AvgIpc) is 3.47. The van der Waals surface area contributed by atoms with E-state index in [1.165, 1.54) is 0 Å². The number of carbonyl (C=O) groups excluding carboxylic acids is 1. The molecule has 2 aliphatic heterocycles. The molecule has 0 radical (unpaired) electrons. The second-order valence-corrected chi connectivity index (χ2v) is 11.5. The highest BCUT2D eigenvalue weighted by Crippen LogP contribution is 2.31. The van der Waals surface area contributed by atoms with Crippen molar-refractivity contribution in [2.45, 2.75) is 19.4 Å². The van der Waals surface area contributed by atoms with Crippen LogP contribution in [0.4, 0.5) is 5.69 Å². The van der Waals surface area contributed by atoms with E-state index in [2.05, 4.69) is 10.00 Å². The Morgan fingerprint density at radius 2 is 1.74 bits per heavy atom. The van der Waals surface area contributed by atoms with Crippen molar-refractivity contribution in [1.29, 1.82) is 0 Å². The number of aryl methyl sites for hydroxylation is 1. The van der Waals surface area contributed by atoms with E-state index in [1.807, 2.05) is 66.4 Å². The summed E-state index contributed by atoms with van der Waals surface area (Å²) in [5.41, 5.74) is 4.22. The first-order valence-corrected chi connectivity index (χ1v) is 13.7. The lowest BCUT2D eigenvalue weighted by Crippen LogP contribution is -2.49. The highest BCUT2D eigenvalue weighted by atomic mass is 32.2. The van der Waals surface area contributed by atoms with Gasteiger partial charge in [0.15, 0.2) is 15.5 Å². The lowest BCUT2D eigenvalue weighted by atomic mass is 10.1. The van der Waals surface area contributed by atoms with Crippen LogP contribution in [0.3, 0.4) is 0 Å². The number of hydrogen-bond donors (Lipinski definition) is 0. The van der Waals surface area contributed by atoms with Gasteiger partial charge in [-0.3, -0.25) is 9.48 Å². The quantitative estimate of drug-likeness (QED) is 0.542. The Morgan fingerprint density at radius 3 is 2.40 bits per heavy atom. The number of methoxy groups -OCH3 is 1. The third-order valence-electron chi connectivity index (χ3n) is 6.85. The Morgan fingerprint density at radius 1 is 1.03 bits per heavy atom. The molecule has 0 saturated carbocycles. The minimum atomic E-state index is -3.09. The van der Waals surface area contributed by atoms with E-state index >= 15 is 0 Å². The van der Waals surface area contributed by atoms with Crippen LogP contribution in [0.1, 0.15) is 28.5 Å². The standard InChI is InChI=1S/C26H30N4O4S/c1-19-7-9-20(10-8-19)24-17-22(27-30(24)21-11-16-35(32,33)18-21)26(31)29-14-12-28(13-15-29)23-5-3-4-6-25(23)34-2/h3-10,17,21H,11-16,18H2,1-2H3/t21-/m1/s1. The van der Waals surface area contributed by atoms with E-state index < -0.39 is 9.84 Å². The van der Waals surface area contributed by atoms with Crippen molar-refractivity contribution < 1.29 is 17.9 Å². The van der Waals surface area contributed by atoms with Gasteiger partial charge in [-0.15, -0.1) is 0 Å². The van der Waals surface area contributed by atoms with Gasteiger partial charge in [0.2, 0.25) is 0 Å². The van der Waals surface area contributed by atoms with Crippen LogP contribution < -0.4 is 9.64 Å². The molecule has 5 rings (SSSR count). The molecule has 1 aromatic heterocycles. The number of aromatic nitrogens is 2. The number of sulfone groups is 1. The Labute approximate surface area is 206 Å². The minimum absolute atomic E-state index is 0.0543. The smallest absolute Gasteiger partial charge is 0.274 e. The summed E-state index contributed by atoms with van der Waals surface area (Å²) < 4.78 is 31.6. The zero-order chi connectivity index (χ0) is 24.6. The molecule has 2 saturated heterocycles. The molecule has 1 amide bonds. The fourth-order valence-corrected chi connectivity index (χ4v) is 6.58. The third kappa shape index (κ3) is 4.77. The van der Waals surface area contributed by atoms with Gasteiger partial charge in [-0.05, 0) is 37.1 Å². The van der Waals surface area contributed by atoms with Crippen LogP contribution in [-0.4, -0.2) is 73.8 Å². The van der Waals surface area contributed by atoms with E-state index in [0.29, 0.717) is 38.3 Å². The molecule has 2 aromatic carbocycles.